The Morgan fingerprint density at radius 3 is 2.88 bits per heavy atom. The van der Waals surface area contributed by atoms with Crippen molar-refractivity contribution in [2.75, 3.05) is 19.7 Å². The van der Waals surface area contributed by atoms with Gasteiger partial charge in [-0.2, -0.15) is 0 Å². The number of rotatable bonds is 6. The van der Waals surface area contributed by atoms with Gasteiger partial charge in [0, 0.05) is 31.2 Å². The van der Waals surface area contributed by atoms with Crippen molar-refractivity contribution in [2.45, 2.75) is 32.9 Å². The van der Waals surface area contributed by atoms with E-state index in [0.717, 1.165) is 43.1 Å². The molecule has 6 nitrogen and oxygen atoms in total. The minimum atomic E-state index is -0.0805. The zero-order valence-corrected chi connectivity index (χ0v) is 14.1. The Labute approximate surface area is 141 Å². The fraction of sp³-hybridized carbons (Fsp3) is 0.444. The van der Waals surface area contributed by atoms with Crippen LogP contribution in [0.15, 0.2) is 34.9 Å². The van der Waals surface area contributed by atoms with E-state index in [1.165, 1.54) is 0 Å². The van der Waals surface area contributed by atoms with Crippen molar-refractivity contribution < 1.29 is 14.1 Å². The summed E-state index contributed by atoms with van der Waals surface area (Å²) in [6.07, 6.45) is 0.945. The molecule has 3 rings (SSSR count). The number of nitrogens with one attached hydrogen (secondary N) is 1. The minimum Gasteiger partial charge on any atom is -0.484 e. The van der Waals surface area contributed by atoms with Crippen LogP contribution in [0, 0.1) is 13.8 Å². The highest BCUT2D eigenvalue weighted by atomic mass is 16.5. The first-order valence-electron chi connectivity index (χ1n) is 8.23. The zero-order valence-electron chi connectivity index (χ0n) is 14.1. The Hall–Kier alpha value is -2.34. The monoisotopic (exact) mass is 329 g/mol. The number of likely N-dealkylation sites (tertiary alicyclic amines) is 1. The van der Waals surface area contributed by atoms with Crippen LogP contribution in [0.4, 0.5) is 0 Å². The number of amides is 1. The molecule has 1 aliphatic heterocycles. The van der Waals surface area contributed by atoms with Crippen LogP contribution in [0.3, 0.4) is 0 Å². The van der Waals surface area contributed by atoms with Crippen LogP contribution in [0.2, 0.25) is 0 Å². The molecule has 24 heavy (non-hydrogen) atoms. The van der Waals surface area contributed by atoms with Gasteiger partial charge >= 0.3 is 0 Å². The molecule has 128 valence electrons. The molecule has 0 unspecified atom stereocenters. The SMILES string of the molecule is Cc1noc(C)c1CN1CC[C@@H](NC(=O)COc2ccccc2)C1. The summed E-state index contributed by atoms with van der Waals surface area (Å²) in [6, 6.07) is 9.53. The summed E-state index contributed by atoms with van der Waals surface area (Å²) < 4.78 is 10.7. The normalized spacial score (nSPS) is 17.8. The third-order valence-corrected chi connectivity index (χ3v) is 4.31. The topological polar surface area (TPSA) is 67.6 Å². The van der Waals surface area contributed by atoms with E-state index in [1.807, 2.05) is 44.2 Å². The highest BCUT2D eigenvalue weighted by Crippen LogP contribution is 2.18. The summed E-state index contributed by atoms with van der Waals surface area (Å²) in [4.78, 5) is 14.3. The highest BCUT2D eigenvalue weighted by Gasteiger charge is 2.25. The van der Waals surface area contributed by atoms with Gasteiger partial charge in [0.25, 0.3) is 5.91 Å². The maximum atomic E-state index is 12.0. The summed E-state index contributed by atoms with van der Waals surface area (Å²) in [5.74, 6) is 1.50. The number of aromatic nitrogens is 1. The van der Waals surface area contributed by atoms with Gasteiger partial charge in [0.15, 0.2) is 6.61 Å². The smallest absolute Gasteiger partial charge is 0.258 e. The van der Waals surface area contributed by atoms with Crippen molar-refractivity contribution >= 4 is 5.91 Å². The summed E-state index contributed by atoms with van der Waals surface area (Å²) in [6.45, 7) is 6.54. The fourth-order valence-electron chi connectivity index (χ4n) is 2.98. The molecule has 1 aromatic heterocycles. The standard InChI is InChI=1S/C18H23N3O3/c1-13-17(14(2)24-20-13)11-21-9-8-15(10-21)19-18(22)12-23-16-6-4-3-5-7-16/h3-7,15H,8-12H2,1-2H3,(H,19,22)/t15-/m1/s1. The second-order valence-corrected chi connectivity index (χ2v) is 6.19. The van der Waals surface area contributed by atoms with Crippen molar-refractivity contribution in [1.82, 2.24) is 15.4 Å². The fourth-order valence-corrected chi connectivity index (χ4v) is 2.98. The van der Waals surface area contributed by atoms with Gasteiger partial charge in [0.1, 0.15) is 11.5 Å². The van der Waals surface area contributed by atoms with Gasteiger partial charge in [0.2, 0.25) is 0 Å². The Bertz CT molecular complexity index is 665. The van der Waals surface area contributed by atoms with E-state index in [2.05, 4.69) is 15.4 Å². The molecule has 0 bridgehead atoms. The molecule has 2 heterocycles. The molecular formula is C18H23N3O3. The van der Waals surface area contributed by atoms with E-state index >= 15 is 0 Å². The Morgan fingerprint density at radius 1 is 1.38 bits per heavy atom. The maximum absolute atomic E-state index is 12.0. The van der Waals surface area contributed by atoms with Gasteiger partial charge < -0.3 is 14.6 Å². The van der Waals surface area contributed by atoms with Crippen LogP contribution in [-0.4, -0.2) is 41.7 Å². The average molecular weight is 329 g/mol. The van der Waals surface area contributed by atoms with Crippen LogP contribution in [-0.2, 0) is 11.3 Å². The molecule has 0 aliphatic carbocycles. The van der Waals surface area contributed by atoms with Crippen LogP contribution in [0.1, 0.15) is 23.4 Å². The molecule has 1 saturated heterocycles. The quantitative estimate of drug-likeness (QED) is 0.879. The van der Waals surface area contributed by atoms with Crippen molar-refractivity contribution in [1.29, 1.82) is 0 Å². The minimum absolute atomic E-state index is 0.0460. The number of nitrogens with zero attached hydrogens (tertiary/aromatic N) is 2. The molecule has 0 saturated carbocycles. The number of hydrogen-bond donors (Lipinski definition) is 1. The van der Waals surface area contributed by atoms with Crippen molar-refractivity contribution in [3.05, 3.63) is 47.3 Å². The molecular weight excluding hydrogens is 306 g/mol. The van der Waals surface area contributed by atoms with Crippen LogP contribution in [0.5, 0.6) is 5.75 Å². The lowest BCUT2D eigenvalue weighted by molar-refractivity contribution is -0.123. The molecule has 1 aliphatic rings. The molecule has 1 amide bonds. The van der Waals surface area contributed by atoms with Crippen molar-refractivity contribution in [2.24, 2.45) is 0 Å². The molecule has 1 N–H and O–H groups in total. The first-order chi connectivity index (χ1) is 11.6. The Morgan fingerprint density at radius 2 is 2.17 bits per heavy atom. The molecule has 1 fully saturated rings. The average Bonchev–Trinajstić information content (AvgIpc) is 3.15. The summed E-state index contributed by atoms with van der Waals surface area (Å²) in [5, 5.41) is 7.03. The zero-order chi connectivity index (χ0) is 16.9. The number of para-hydroxylation sites is 1. The number of aryl methyl sites for hydroxylation is 2. The summed E-state index contributed by atoms with van der Waals surface area (Å²) in [5.41, 5.74) is 2.09. The Kier molecular flexibility index (Phi) is 5.15. The third-order valence-electron chi connectivity index (χ3n) is 4.31. The van der Waals surface area contributed by atoms with E-state index in [4.69, 9.17) is 9.26 Å². The number of hydrogen-bond acceptors (Lipinski definition) is 5. The number of benzene rings is 1. The second-order valence-electron chi connectivity index (χ2n) is 6.19. The van der Waals surface area contributed by atoms with Gasteiger partial charge in [-0.1, -0.05) is 23.4 Å². The second kappa shape index (κ2) is 7.49. The maximum Gasteiger partial charge on any atom is 0.258 e. The predicted molar refractivity (Wildman–Crippen MR) is 89.7 cm³/mol. The molecule has 1 atom stereocenters. The van der Waals surface area contributed by atoms with E-state index in [-0.39, 0.29) is 18.6 Å². The first kappa shape index (κ1) is 16.5. The summed E-state index contributed by atoms with van der Waals surface area (Å²) >= 11 is 0. The van der Waals surface area contributed by atoms with Crippen LogP contribution in [0.25, 0.3) is 0 Å². The van der Waals surface area contributed by atoms with Crippen molar-refractivity contribution in [3.63, 3.8) is 0 Å². The predicted octanol–water partition coefficient (Wildman–Crippen LogP) is 2.06. The largest absolute Gasteiger partial charge is 0.484 e. The van der Waals surface area contributed by atoms with Gasteiger partial charge in [-0.3, -0.25) is 9.69 Å². The van der Waals surface area contributed by atoms with Crippen molar-refractivity contribution in [3.8, 4) is 5.75 Å². The van der Waals surface area contributed by atoms with Crippen LogP contribution < -0.4 is 10.1 Å². The number of carbonyl (C=O) groups is 1. The molecule has 0 spiro atoms. The van der Waals surface area contributed by atoms with Gasteiger partial charge in [-0.15, -0.1) is 0 Å². The molecule has 1 aromatic carbocycles. The number of ether oxygens (including phenoxy) is 1. The van der Waals surface area contributed by atoms with E-state index < -0.39 is 0 Å². The third kappa shape index (κ3) is 4.14. The lowest BCUT2D eigenvalue weighted by Crippen LogP contribution is -2.39. The molecule has 6 heteroatoms. The van der Waals surface area contributed by atoms with E-state index in [9.17, 15) is 4.79 Å². The lowest BCUT2D eigenvalue weighted by atomic mass is 10.2. The number of carbonyl (C=O) groups excluding carboxylic acids is 1. The first-order valence-corrected chi connectivity index (χ1v) is 8.23. The summed E-state index contributed by atoms with van der Waals surface area (Å²) in [7, 11) is 0. The molecule has 0 radical (unpaired) electrons. The Balaban J connectivity index is 1.43. The van der Waals surface area contributed by atoms with E-state index in [1.54, 1.807) is 0 Å². The molecule has 2 aromatic rings. The van der Waals surface area contributed by atoms with E-state index in [0.29, 0.717) is 5.75 Å². The van der Waals surface area contributed by atoms with Gasteiger partial charge in [0.05, 0.1) is 5.69 Å². The van der Waals surface area contributed by atoms with Crippen LogP contribution >= 0.6 is 0 Å². The van der Waals surface area contributed by atoms with Gasteiger partial charge in [-0.05, 0) is 32.4 Å². The van der Waals surface area contributed by atoms with Gasteiger partial charge in [-0.25, -0.2) is 0 Å². The lowest BCUT2D eigenvalue weighted by Gasteiger charge is -2.16. The highest BCUT2D eigenvalue weighted by molar-refractivity contribution is 5.77.